The molecule has 0 saturated heterocycles. The number of hydrogen-bond acceptors (Lipinski definition) is 4. The molecule has 4 aromatic rings. The van der Waals surface area contributed by atoms with Crippen LogP contribution in [0.4, 0.5) is 0 Å². The summed E-state index contributed by atoms with van der Waals surface area (Å²) in [4.78, 5) is 12.3. The zero-order valence-electron chi connectivity index (χ0n) is 17.1. The van der Waals surface area contributed by atoms with Crippen molar-refractivity contribution in [1.82, 2.24) is 15.6 Å². The molecule has 0 saturated carbocycles. The van der Waals surface area contributed by atoms with Gasteiger partial charge in [0.1, 0.15) is 18.1 Å². The van der Waals surface area contributed by atoms with Crippen LogP contribution < -0.4 is 10.2 Å². The van der Waals surface area contributed by atoms with Crippen LogP contribution in [0.3, 0.4) is 0 Å². The van der Waals surface area contributed by atoms with E-state index in [0.717, 1.165) is 11.1 Å². The van der Waals surface area contributed by atoms with Crippen molar-refractivity contribution in [3.63, 3.8) is 0 Å². The summed E-state index contributed by atoms with van der Waals surface area (Å²) in [6.45, 7) is 0.369. The normalized spacial score (nSPS) is 11.0. The molecule has 3 aromatic carbocycles. The lowest BCUT2D eigenvalue weighted by atomic mass is 10.1. The van der Waals surface area contributed by atoms with Crippen LogP contribution in [0.2, 0.25) is 15.1 Å². The van der Waals surface area contributed by atoms with Gasteiger partial charge in [0.25, 0.3) is 5.91 Å². The van der Waals surface area contributed by atoms with Crippen molar-refractivity contribution in [3.8, 4) is 17.0 Å². The maximum absolute atomic E-state index is 12.3. The Morgan fingerprint density at radius 3 is 2.55 bits per heavy atom. The number of nitrogens with zero attached hydrogens (tertiary/aromatic N) is 2. The molecule has 0 aliphatic carbocycles. The molecule has 1 aromatic heterocycles. The van der Waals surface area contributed by atoms with E-state index < -0.39 is 5.91 Å². The van der Waals surface area contributed by atoms with Crippen LogP contribution in [0.1, 0.15) is 21.6 Å². The first kappa shape index (κ1) is 22.9. The Balaban J connectivity index is 1.35. The van der Waals surface area contributed by atoms with Gasteiger partial charge in [0.15, 0.2) is 0 Å². The van der Waals surface area contributed by atoms with Gasteiger partial charge in [0, 0.05) is 26.7 Å². The molecule has 0 fully saturated rings. The summed E-state index contributed by atoms with van der Waals surface area (Å²) in [7, 11) is 0. The third kappa shape index (κ3) is 5.93. The van der Waals surface area contributed by atoms with Crippen LogP contribution in [-0.4, -0.2) is 22.3 Å². The number of amides is 1. The molecule has 1 heterocycles. The van der Waals surface area contributed by atoms with Gasteiger partial charge in [-0.3, -0.25) is 9.89 Å². The molecular weight excluding hydrogens is 483 g/mol. The number of benzene rings is 3. The molecule has 0 atom stereocenters. The van der Waals surface area contributed by atoms with E-state index in [0.29, 0.717) is 38.7 Å². The minimum atomic E-state index is -0.435. The molecule has 0 spiro atoms. The number of ether oxygens (including phenoxy) is 1. The lowest BCUT2D eigenvalue weighted by Crippen LogP contribution is -2.18. The fourth-order valence-corrected chi connectivity index (χ4v) is 3.56. The largest absolute Gasteiger partial charge is 0.489 e. The van der Waals surface area contributed by atoms with Gasteiger partial charge < -0.3 is 4.74 Å². The van der Waals surface area contributed by atoms with Crippen molar-refractivity contribution in [2.45, 2.75) is 6.61 Å². The standard InChI is InChI=1S/C24H17Cl3N4O2/c25-18-8-5-16(21(27)11-18)13-28-31-24(32)23-12-22(29-30-23)15-6-9-19(10-7-15)33-14-17-3-1-2-4-20(17)26/h1-13H,14H2,(H,29,30)(H,31,32). The minimum absolute atomic E-state index is 0.267. The fraction of sp³-hybridized carbons (Fsp3) is 0.0417. The number of carbonyl (C=O) groups excluding carboxylic acids is 1. The van der Waals surface area contributed by atoms with Gasteiger partial charge in [-0.1, -0.05) is 59.1 Å². The lowest BCUT2D eigenvalue weighted by molar-refractivity contribution is 0.0950. The number of aromatic nitrogens is 2. The number of aromatic amines is 1. The smallest absolute Gasteiger partial charge is 0.289 e. The third-order valence-electron chi connectivity index (χ3n) is 4.66. The summed E-state index contributed by atoms with van der Waals surface area (Å²) < 4.78 is 5.79. The molecule has 6 nitrogen and oxygen atoms in total. The summed E-state index contributed by atoms with van der Waals surface area (Å²) >= 11 is 18.1. The van der Waals surface area contributed by atoms with Crippen LogP contribution in [-0.2, 0) is 6.61 Å². The zero-order chi connectivity index (χ0) is 23.2. The molecule has 4 rings (SSSR count). The van der Waals surface area contributed by atoms with Gasteiger partial charge in [-0.15, -0.1) is 0 Å². The molecule has 9 heteroatoms. The molecule has 0 bridgehead atoms. The maximum atomic E-state index is 12.3. The quantitative estimate of drug-likeness (QED) is 0.229. The topological polar surface area (TPSA) is 79.4 Å². The molecular formula is C24H17Cl3N4O2. The first-order valence-electron chi connectivity index (χ1n) is 9.80. The van der Waals surface area contributed by atoms with Gasteiger partial charge in [-0.2, -0.15) is 10.2 Å². The second kappa shape index (κ2) is 10.5. The van der Waals surface area contributed by atoms with Gasteiger partial charge >= 0.3 is 0 Å². The molecule has 33 heavy (non-hydrogen) atoms. The number of hydrogen-bond donors (Lipinski definition) is 2. The first-order valence-corrected chi connectivity index (χ1v) is 10.9. The molecule has 0 radical (unpaired) electrons. The highest BCUT2D eigenvalue weighted by atomic mass is 35.5. The van der Waals surface area contributed by atoms with Crippen molar-refractivity contribution in [2.75, 3.05) is 0 Å². The zero-order valence-corrected chi connectivity index (χ0v) is 19.3. The van der Waals surface area contributed by atoms with E-state index in [4.69, 9.17) is 39.5 Å². The summed E-state index contributed by atoms with van der Waals surface area (Å²) in [5, 5.41) is 12.5. The Morgan fingerprint density at radius 1 is 1.00 bits per heavy atom. The van der Waals surface area contributed by atoms with Crippen molar-refractivity contribution in [2.24, 2.45) is 5.10 Å². The van der Waals surface area contributed by atoms with E-state index in [-0.39, 0.29) is 5.69 Å². The predicted octanol–water partition coefficient (Wildman–Crippen LogP) is 6.38. The number of hydrazone groups is 1. The highest BCUT2D eigenvalue weighted by molar-refractivity contribution is 6.36. The average Bonchev–Trinajstić information content (AvgIpc) is 3.31. The average molecular weight is 500 g/mol. The lowest BCUT2D eigenvalue weighted by Gasteiger charge is -2.08. The van der Waals surface area contributed by atoms with Crippen molar-refractivity contribution >= 4 is 46.9 Å². The molecule has 0 aliphatic heterocycles. The van der Waals surface area contributed by atoms with Crippen LogP contribution in [0, 0.1) is 0 Å². The Labute approximate surface area is 205 Å². The predicted molar refractivity (Wildman–Crippen MR) is 131 cm³/mol. The highest BCUT2D eigenvalue weighted by Crippen LogP contribution is 2.23. The Kier molecular flexibility index (Phi) is 7.29. The molecule has 0 aliphatic rings. The van der Waals surface area contributed by atoms with Crippen molar-refractivity contribution in [3.05, 3.63) is 105 Å². The van der Waals surface area contributed by atoms with Gasteiger partial charge in [0.2, 0.25) is 0 Å². The minimum Gasteiger partial charge on any atom is -0.489 e. The van der Waals surface area contributed by atoms with E-state index in [1.807, 2.05) is 48.5 Å². The summed E-state index contributed by atoms with van der Waals surface area (Å²) in [6, 6.07) is 21.6. The summed E-state index contributed by atoms with van der Waals surface area (Å²) in [5.41, 5.74) is 5.68. The number of carbonyl (C=O) groups is 1. The van der Waals surface area contributed by atoms with Crippen LogP contribution in [0.15, 0.2) is 77.9 Å². The summed E-state index contributed by atoms with van der Waals surface area (Å²) in [5.74, 6) is 0.261. The molecule has 2 N–H and O–H groups in total. The second-order valence-corrected chi connectivity index (χ2v) is 8.19. The Morgan fingerprint density at radius 2 is 1.79 bits per heavy atom. The van der Waals surface area contributed by atoms with E-state index in [1.165, 1.54) is 6.21 Å². The molecule has 166 valence electrons. The Hall–Kier alpha value is -3.32. The van der Waals surface area contributed by atoms with Crippen LogP contribution in [0.5, 0.6) is 5.75 Å². The van der Waals surface area contributed by atoms with Gasteiger partial charge in [-0.05, 0) is 48.5 Å². The number of rotatable bonds is 7. The van der Waals surface area contributed by atoms with Gasteiger partial charge in [0.05, 0.1) is 16.9 Å². The van der Waals surface area contributed by atoms with Crippen LogP contribution in [0.25, 0.3) is 11.3 Å². The van der Waals surface area contributed by atoms with E-state index in [9.17, 15) is 4.79 Å². The third-order valence-corrected chi connectivity index (χ3v) is 5.59. The Bertz CT molecular complexity index is 1300. The SMILES string of the molecule is O=C(NN=Cc1ccc(Cl)cc1Cl)c1cc(-c2ccc(OCc3ccccc3Cl)cc2)n[nH]1. The summed E-state index contributed by atoms with van der Waals surface area (Å²) in [6.07, 6.45) is 1.44. The van der Waals surface area contributed by atoms with Gasteiger partial charge in [-0.25, -0.2) is 5.43 Å². The monoisotopic (exact) mass is 498 g/mol. The van der Waals surface area contributed by atoms with E-state index in [2.05, 4.69) is 20.7 Å². The van der Waals surface area contributed by atoms with E-state index >= 15 is 0 Å². The van der Waals surface area contributed by atoms with Crippen LogP contribution >= 0.6 is 34.8 Å². The molecule has 0 unspecified atom stereocenters. The number of H-pyrrole nitrogens is 1. The molecule has 1 amide bonds. The maximum Gasteiger partial charge on any atom is 0.289 e. The van der Waals surface area contributed by atoms with Crippen molar-refractivity contribution in [1.29, 1.82) is 0 Å². The number of nitrogens with one attached hydrogen (secondary N) is 2. The fourth-order valence-electron chi connectivity index (χ4n) is 2.91. The first-order chi connectivity index (χ1) is 16.0. The second-order valence-electron chi connectivity index (χ2n) is 6.94. The van der Waals surface area contributed by atoms with E-state index in [1.54, 1.807) is 24.3 Å². The number of halogens is 3. The highest BCUT2D eigenvalue weighted by Gasteiger charge is 2.11. The van der Waals surface area contributed by atoms with Crippen molar-refractivity contribution < 1.29 is 9.53 Å².